The van der Waals surface area contributed by atoms with Crippen LogP contribution in [0.15, 0.2) is 30.3 Å². The van der Waals surface area contributed by atoms with E-state index in [4.69, 9.17) is 50.4 Å². The Morgan fingerprint density at radius 3 is 2.26 bits per heavy atom. The molecule has 8 heteroatoms. The number of phenols is 1. The van der Waals surface area contributed by atoms with Crippen molar-refractivity contribution in [3.05, 3.63) is 51.0 Å². The molecular weight excluding hydrogens is 365 g/mol. The molecule has 0 aliphatic carbocycles. The van der Waals surface area contributed by atoms with Crippen molar-refractivity contribution in [2.24, 2.45) is 5.73 Å². The van der Waals surface area contributed by atoms with Gasteiger partial charge in [-0.25, -0.2) is 0 Å². The summed E-state index contributed by atoms with van der Waals surface area (Å²) in [6.45, 7) is 0. The van der Waals surface area contributed by atoms with Gasteiger partial charge in [-0.15, -0.1) is 0 Å². The summed E-state index contributed by atoms with van der Waals surface area (Å²) in [5.74, 6) is -0.688. The molecule has 1 atom stereocenters. The lowest BCUT2D eigenvalue weighted by atomic mass is 10.1. The molecule has 2 rings (SSSR count). The van der Waals surface area contributed by atoms with E-state index in [1.165, 1.54) is 12.1 Å². The van der Waals surface area contributed by atoms with Gasteiger partial charge in [0.2, 0.25) is 0 Å². The fourth-order valence-electron chi connectivity index (χ4n) is 1.82. The predicted molar refractivity (Wildman–Crippen MR) is 89.0 cm³/mol. The lowest BCUT2D eigenvalue weighted by molar-refractivity contribution is -0.138. The first-order valence-corrected chi connectivity index (χ1v) is 7.54. The number of carbonyl (C=O) groups is 1. The average Bonchev–Trinajstić information content (AvgIpc) is 2.47. The Hall–Kier alpha value is -1.66. The van der Waals surface area contributed by atoms with E-state index >= 15 is 0 Å². The van der Waals surface area contributed by atoms with Crippen LogP contribution in [0.5, 0.6) is 17.2 Å². The van der Waals surface area contributed by atoms with Crippen molar-refractivity contribution < 1.29 is 19.7 Å². The van der Waals surface area contributed by atoms with Crippen molar-refractivity contribution in [2.75, 3.05) is 0 Å². The number of ether oxygens (including phenoxy) is 1. The monoisotopic (exact) mass is 375 g/mol. The summed E-state index contributed by atoms with van der Waals surface area (Å²) in [6.07, 6.45) is 0.145. The van der Waals surface area contributed by atoms with Crippen LogP contribution >= 0.6 is 34.8 Å². The first kappa shape index (κ1) is 17.7. The summed E-state index contributed by atoms with van der Waals surface area (Å²) in [7, 11) is 0. The fraction of sp³-hybridized carbons (Fsp3) is 0.133. The molecule has 0 saturated heterocycles. The highest BCUT2D eigenvalue weighted by Crippen LogP contribution is 2.38. The van der Waals surface area contributed by atoms with Gasteiger partial charge in [0.1, 0.15) is 17.5 Å². The normalized spacial score (nSPS) is 12.0. The molecule has 2 aromatic rings. The number of nitrogens with two attached hydrogens (primary N) is 1. The second-order valence-corrected chi connectivity index (χ2v) is 5.97. The molecule has 4 N–H and O–H groups in total. The predicted octanol–water partition coefficient (Wildman–Crippen LogP) is 4.10. The Morgan fingerprint density at radius 1 is 1.13 bits per heavy atom. The van der Waals surface area contributed by atoms with Crippen molar-refractivity contribution in [2.45, 2.75) is 12.5 Å². The number of phenolic OH excluding ortho intramolecular Hbond substituents is 1. The molecule has 0 aromatic heterocycles. The van der Waals surface area contributed by atoms with E-state index < -0.39 is 12.0 Å². The van der Waals surface area contributed by atoms with E-state index in [2.05, 4.69) is 0 Å². The van der Waals surface area contributed by atoms with E-state index in [9.17, 15) is 9.90 Å². The average molecular weight is 377 g/mol. The van der Waals surface area contributed by atoms with Gasteiger partial charge < -0.3 is 20.7 Å². The maximum atomic E-state index is 10.8. The second-order valence-electron chi connectivity index (χ2n) is 4.75. The first-order valence-electron chi connectivity index (χ1n) is 6.40. The van der Waals surface area contributed by atoms with Crippen LogP contribution in [0.25, 0.3) is 0 Å². The Labute approximate surface area is 147 Å². The van der Waals surface area contributed by atoms with Gasteiger partial charge >= 0.3 is 5.97 Å². The topological polar surface area (TPSA) is 92.8 Å². The van der Waals surface area contributed by atoms with Crippen LogP contribution in [-0.2, 0) is 11.2 Å². The summed E-state index contributed by atoms with van der Waals surface area (Å²) in [5.41, 5.74) is 6.15. The highest BCUT2D eigenvalue weighted by Gasteiger charge is 2.14. The Morgan fingerprint density at radius 2 is 1.74 bits per heavy atom. The molecular formula is C15H12Cl3NO4. The number of hydrogen-bond acceptors (Lipinski definition) is 4. The van der Waals surface area contributed by atoms with Crippen LogP contribution in [0.1, 0.15) is 5.56 Å². The summed E-state index contributed by atoms with van der Waals surface area (Å²) < 4.78 is 5.57. The van der Waals surface area contributed by atoms with Crippen molar-refractivity contribution in [3.8, 4) is 17.2 Å². The highest BCUT2D eigenvalue weighted by atomic mass is 35.5. The zero-order valence-electron chi connectivity index (χ0n) is 11.6. The number of carboxylic acid groups (broad SMARTS) is 1. The van der Waals surface area contributed by atoms with Gasteiger partial charge in [-0.05, 0) is 24.1 Å². The lowest BCUT2D eigenvalue weighted by Crippen LogP contribution is -2.32. The third-order valence-corrected chi connectivity index (χ3v) is 3.86. The van der Waals surface area contributed by atoms with Crippen molar-refractivity contribution in [1.29, 1.82) is 0 Å². The summed E-state index contributed by atoms with van der Waals surface area (Å²) in [4.78, 5) is 10.8. The third-order valence-electron chi connectivity index (χ3n) is 2.99. The molecule has 2 aromatic carbocycles. The van der Waals surface area contributed by atoms with Gasteiger partial charge in [-0.1, -0.05) is 40.9 Å². The Kier molecular flexibility index (Phi) is 5.59. The largest absolute Gasteiger partial charge is 0.505 e. The number of hydrogen-bond donors (Lipinski definition) is 3. The molecule has 0 radical (unpaired) electrons. The van der Waals surface area contributed by atoms with E-state index in [1.807, 2.05) is 0 Å². The van der Waals surface area contributed by atoms with Crippen LogP contribution in [0.2, 0.25) is 15.1 Å². The van der Waals surface area contributed by atoms with E-state index in [-0.39, 0.29) is 27.2 Å². The van der Waals surface area contributed by atoms with E-state index in [0.717, 1.165) is 0 Å². The first-order chi connectivity index (χ1) is 10.8. The van der Waals surface area contributed by atoms with Crippen LogP contribution in [0.4, 0.5) is 0 Å². The standard InChI is InChI=1S/C15H12Cl3NO4/c16-9-3-7(4-12(19)15(21)22)1-2-13(9)23-8-5-10(17)14(20)11(18)6-8/h1-3,5-6,12,20H,4,19H2,(H,21,22)/t12-/m0/s1. The molecule has 0 unspecified atom stereocenters. The molecule has 0 aliphatic rings. The van der Waals surface area contributed by atoms with Gasteiger partial charge in [-0.3, -0.25) is 4.79 Å². The molecule has 0 bridgehead atoms. The molecule has 0 aliphatic heterocycles. The summed E-state index contributed by atoms with van der Waals surface area (Å²) >= 11 is 17.8. The SMILES string of the molecule is N[C@@H](Cc1ccc(Oc2cc(Cl)c(O)c(Cl)c2)c(Cl)c1)C(=O)O. The minimum absolute atomic E-state index is 0.0488. The number of aliphatic carboxylic acids is 1. The van der Waals surface area contributed by atoms with Gasteiger partial charge in [-0.2, -0.15) is 0 Å². The van der Waals surface area contributed by atoms with Gasteiger partial charge in [0, 0.05) is 12.1 Å². The molecule has 0 fully saturated rings. The lowest BCUT2D eigenvalue weighted by Gasteiger charge is -2.12. The number of aromatic hydroxyl groups is 1. The van der Waals surface area contributed by atoms with Crippen LogP contribution in [0.3, 0.4) is 0 Å². The van der Waals surface area contributed by atoms with Crippen molar-refractivity contribution in [3.63, 3.8) is 0 Å². The minimum atomic E-state index is -1.09. The molecule has 0 amide bonds. The van der Waals surface area contributed by atoms with Gasteiger partial charge in [0.25, 0.3) is 0 Å². The van der Waals surface area contributed by atoms with E-state index in [1.54, 1.807) is 18.2 Å². The summed E-state index contributed by atoms with van der Waals surface area (Å²) in [6, 6.07) is 6.60. The maximum Gasteiger partial charge on any atom is 0.320 e. The number of rotatable bonds is 5. The second kappa shape index (κ2) is 7.27. The molecule has 0 saturated carbocycles. The van der Waals surface area contributed by atoms with E-state index in [0.29, 0.717) is 17.1 Å². The highest BCUT2D eigenvalue weighted by molar-refractivity contribution is 6.37. The van der Waals surface area contributed by atoms with Crippen LogP contribution < -0.4 is 10.5 Å². The van der Waals surface area contributed by atoms with Gasteiger partial charge in [0.15, 0.2) is 5.75 Å². The van der Waals surface area contributed by atoms with Crippen LogP contribution in [-0.4, -0.2) is 22.2 Å². The van der Waals surface area contributed by atoms with Crippen molar-refractivity contribution >= 4 is 40.8 Å². The number of halogens is 3. The Bertz CT molecular complexity index is 728. The Balaban J connectivity index is 2.20. The smallest absolute Gasteiger partial charge is 0.320 e. The zero-order valence-corrected chi connectivity index (χ0v) is 13.9. The quantitative estimate of drug-likeness (QED) is 0.730. The molecule has 23 heavy (non-hydrogen) atoms. The maximum absolute atomic E-state index is 10.8. The van der Waals surface area contributed by atoms with Crippen LogP contribution in [0, 0.1) is 0 Å². The third kappa shape index (κ3) is 4.42. The van der Waals surface area contributed by atoms with Crippen molar-refractivity contribution in [1.82, 2.24) is 0 Å². The molecule has 0 heterocycles. The zero-order chi connectivity index (χ0) is 17.1. The molecule has 5 nitrogen and oxygen atoms in total. The minimum Gasteiger partial charge on any atom is -0.505 e. The number of carboxylic acids is 1. The molecule has 0 spiro atoms. The molecule has 122 valence electrons. The fourth-order valence-corrected chi connectivity index (χ4v) is 2.53. The number of benzene rings is 2. The van der Waals surface area contributed by atoms with Gasteiger partial charge in [0.05, 0.1) is 15.1 Å². The summed E-state index contributed by atoms with van der Waals surface area (Å²) in [5, 5.41) is 18.7.